The van der Waals surface area contributed by atoms with Crippen LogP contribution in [0, 0.1) is 17.3 Å². The minimum Gasteiger partial charge on any atom is -0.496 e. The lowest BCUT2D eigenvalue weighted by Gasteiger charge is -2.36. The van der Waals surface area contributed by atoms with Gasteiger partial charge in [0.1, 0.15) is 29.0 Å². The van der Waals surface area contributed by atoms with E-state index in [0.29, 0.717) is 25.7 Å². The van der Waals surface area contributed by atoms with Crippen molar-refractivity contribution in [2.24, 2.45) is 17.3 Å². The number of alkyl carbamates (subject to hydrolysis) is 1. The van der Waals surface area contributed by atoms with Gasteiger partial charge in [-0.3, -0.25) is 19.1 Å². The van der Waals surface area contributed by atoms with E-state index in [1.54, 1.807) is 14.2 Å². The fourth-order valence-corrected chi connectivity index (χ4v) is 9.97. The number of benzene rings is 2. The molecule has 3 aliphatic carbocycles. The number of rotatable bonds is 8. The number of nitrogens with one attached hydrogen (secondary N) is 3. The standard InChI is InChI=1S/C40H54N4O9S/c1-38(2,3)33-35(46)44-23-39(52-5,22-31(44)34(45)42-40(21-30(40)25-11-12-25)36(47)43-54(49,50)27-16-17-27)26-15-13-24-14-18-32(51-4)28(29(24)20-26)10-8-6-7-9-19-53-37(48)41-33/h13-15,18,20,25,27,30-31,33H,6-12,16-17,19,21-23H2,1-5H3,(H,41,48)(H,42,45)(H,43,47)/t30-,31+,33-,39+,40-/m1/s1. The Kier molecular flexibility index (Phi) is 10.2. The van der Waals surface area contributed by atoms with Crippen LogP contribution in [0.3, 0.4) is 0 Å². The van der Waals surface area contributed by atoms with Gasteiger partial charge in [0, 0.05) is 19.1 Å². The van der Waals surface area contributed by atoms with Gasteiger partial charge < -0.3 is 29.7 Å². The van der Waals surface area contributed by atoms with Crippen molar-refractivity contribution >= 4 is 44.6 Å². The van der Waals surface area contributed by atoms with Gasteiger partial charge in [0.25, 0.3) is 5.91 Å². The van der Waals surface area contributed by atoms with Gasteiger partial charge in [-0.25, -0.2) is 13.2 Å². The Morgan fingerprint density at radius 1 is 0.981 bits per heavy atom. The van der Waals surface area contributed by atoms with Crippen molar-refractivity contribution < 1.29 is 41.8 Å². The fourth-order valence-electron chi connectivity index (χ4n) is 8.61. The maximum Gasteiger partial charge on any atom is 0.407 e. The number of amides is 4. The first-order chi connectivity index (χ1) is 25.6. The van der Waals surface area contributed by atoms with Gasteiger partial charge >= 0.3 is 6.09 Å². The van der Waals surface area contributed by atoms with E-state index in [1.165, 1.54) is 4.90 Å². The third-order valence-corrected chi connectivity index (χ3v) is 14.0. The van der Waals surface area contributed by atoms with Crippen molar-refractivity contribution in [2.75, 3.05) is 27.4 Å². The highest BCUT2D eigenvalue weighted by molar-refractivity contribution is 7.91. The highest BCUT2D eigenvalue weighted by atomic mass is 32.2. The lowest BCUT2D eigenvalue weighted by molar-refractivity contribution is -0.143. The van der Waals surface area contributed by atoms with E-state index in [2.05, 4.69) is 21.4 Å². The summed E-state index contributed by atoms with van der Waals surface area (Å²) in [5.41, 5.74) is -1.51. The lowest BCUT2D eigenvalue weighted by atomic mass is 9.85. The molecule has 7 rings (SSSR count). The van der Waals surface area contributed by atoms with Crippen LogP contribution in [-0.2, 0) is 45.9 Å². The first-order valence-electron chi connectivity index (χ1n) is 19.4. The van der Waals surface area contributed by atoms with Crippen molar-refractivity contribution in [3.63, 3.8) is 0 Å². The zero-order valence-corrected chi connectivity index (χ0v) is 32.8. The normalized spacial score (nSPS) is 29.5. The molecule has 1 saturated heterocycles. The van der Waals surface area contributed by atoms with E-state index in [-0.39, 0.29) is 31.4 Å². The van der Waals surface area contributed by atoms with Crippen molar-refractivity contribution in [1.82, 2.24) is 20.3 Å². The van der Waals surface area contributed by atoms with Gasteiger partial charge in [-0.15, -0.1) is 0 Å². The molecular weight excluding hydrogens is 713 g/mol. The number of aryl methyl sites for hydroxylation is 1. The van der Waals surface area contributed by atoms with Gasteiger partial charge in [0.05, 0.1) is 25.5 Å². The molecule has 2 aliphatic heterocycles. The minimum atomic E-state index is -3.87. The van der Waals surface area contributed by atoms with E-state index in [1.807, 2.05) is 45.0 Å². The molecule has 0 unspecified atom stereocenters. The number of fused-ring (bicyclic) bond motifs is 4. The fraction of sp³-hybridized carbons (Fsp3) is 0.650. The summed E-state index contributed by atoms with van der Waals surface area (Å²) in [5, 5.41) is 7.20. The van der Waals surface area contributed by atoms with Crippen LogP contribution in [0.5, 0.6) is 5.75 Å². The Morgan fingerprint density at radius 2 is 1.70 bits per heavy atom. The first-order valence-corrected chi connectivity index (χ1v) is 20.9. The largest absolute Gasteiger partial charge is 0.496 e. The van der Waals surface area contributed by atoms with Crippen LogP contribution in [-0.4, -0.2) is 87.4 Å². The Hall–Kier alpha value is -3.91. The molecule has 4 fully saturated rings. The molecule has 2 heterocycles. The molecule has 0 spiro atoms. The van der Waals surface area contributed by atoms with Crippen molar-refractivity contribution in [3.05, 3.63) is 41.5 Å². The van der Waals surface area contributed by atoms with Crippen LogP contribution in [0.1, 0.15) is 96.1 Å². The number of methoxy groups -OCH3 is 2. The molecule has 4 amide bonds. The number of nitrogens with zero attached hydrogens (tertiary/aromatic N) is 1. The summed E-state index contributed by atoms with van der Waals surface area (Å²) in [6.07, 6.45) is 6.55. The number of hydrogen-bond donors (Lipinski definition) is 3. The van der Waals surface area contributed by atoms with Gasteiger partial charge in [0.2, 0.25) is 21.8 Å². The zero-order valence-electron chi connectivity index (χ0n) is 32.0. The van der Waals surface area contributed by atoms with Crippen LogP contribution in [0.15, 0.2) is 30.3 Å². The number of carbonyl (C=O) groups is 4. The van der Waals surface area contributed by atoms with E-state index in [0.717, 1.165) is 66.2 Å². The number of sulfonamides is 1. The maximum atomic E-state index is 14.8. The monoisotopic (exact) mass is 766 g/mol. The second-order valence-corrected chi connectivity index (χ2v) is 19.1. The maximum absolute atomic E-state index is 14.8. The van der Waals surface area contributed by atoms with E-state index >= 15 is 0 Å². The second-order valence-electron chi connectivity index (χ2n) is 17.1. The quantitative estimate of drug-likeness (QED) is 0.352. The van der Waals surface area contributed by atoms with Gasteiger partial charge in [-0.2, -0.15) is 0 Å². The lowest BCUT2D eigenvalue weighted by Crippen LogP contribution is -2.60. The Balaban J connectivity index is 1.29. The van der Waals surface area contributed by atoms with Crippen molar-refractivity contribution in [1.29, 1.82) is 0 Å². The van der Waals surface area contributed by atoms with Crippen LogP contribution in [0.25, 0.3) is 10.8 Å². The molecule has 2 aromatic carbocycles. The molecule has 294 valence electrons. The van der Waals surface area contributed by atoms with Crippen molar-refractivity contribution in [3.8, 4) is 5.75 Å². The number of cyclic esters (lactones) is 1. The minimum absolute atomic E-state index is 0.0180. The molecule has 0 radical (unpaired) electrons. The Morgan fingerprint density at radius 3 is 2.37 bits per heavy atom. The summed E-state index contributed by atoms with van der Waals surface area (Å²) in [5.74, 6) is -1.01. The molecular formula is C40H54N4O9S. The van der Waals surface area contributed by atoms with E-state index < -0.39 is 67.7 Å². The third-order valence-electron chi connectivity index (χ3n) is 12.2. The average molecular weight is 767 g/mol. The van der Waals surface area contributed by atoms with Crippen LogP contribution in [0.4, 0.5) is 4.79 Å². The van der Waals surface area contributed by atoms with E-state index in [4.69, 9.17) is 14.2 Å². The summed E-state index contributed by atoms with van der Waals surface area (Å²) >= 11 is 0. The van der Waals surface area contributed by atoms with Gasteiger partial charge in [-0.05, 0) is 97.1 Å². The molecule has 3 N–H and O–H groups in total. The summed E-state index contributed by atoms with van der Waals surface area (Å²) in [7, 11) is -0.649. The van der Waals surface area contributed by atoms with Crippen molar-refractivity contribution in [2.45, 2.75) is 120 Å². The topological polar surface area (TPSA) is 169 Å². The molecule has 5 aliphatic rings. The molecule has 14 heteroatoms. The van der Waals surface area contributed by atoms with Gasteiger partial charge in [-0.1, -0.05) is 51.8 Å². The second kappa shape index (κ2) is 14.3. The molecule has 4 bridgehead atoms. The first kappa shape index (κ1) is 38.4. The predicted octanol–water partition coefficient (Wildman–Crippen LogP) is 4.44. The summed E-state index contributed by atoms with van der Waals surface area (Å²) in [4.78, 5) is 58.0. The van der Waals surface area contributed by atoms with Crippen LogP contribution >= 0.6 is 0 Å². The van der Waals surface area contributed by atoms with Crippen LogP contribution < -0.4 is 20.1 Å². The summed E-state index contributed by atoms with van der Waals surface area (Å²) in [6.45, 7) is 5.68. The Bertz CT molecular complexity index is 1940. The number of ether oxygens (including phenoxy) is 3. The smallest absolute Gasteiger partial charge is 0.407 e. The van der Waals surface area contributed by atoms with Gasteiger partial charge in [0.15, 0.2) is 0 Å². The Labute approximate surface area is 317 Å². The number of carbonyl (C=O) groups excluding carboxylic acids is 4. The molecule has 13 nitrogen and oxygen atoms in total. The molecule has 0 aromatic heterocycles. The molecule has 3 saturated carbocycles. The number of hydrogen-bond acceptors (Lipinski definition) is 9. The summed E-state index contributed by atoms with van der Waals surface area (Å²) in [6, 6.07) is 7.85. The molecule has 54 heavy (non-hydrogen) atoms. The molecule has 2 aromatic rings. The predicted molar refractivity (Wildman–Crippen MR) is 201 cm³/mol. The third kappa shape index (κ3) is 7.39. The zero-order chi connectivity index (χ0) is 38.6. The molecule has 5 atom stereocenters. The highest BCUT2D eigenvalue weighted by Crippen LogP contribution is 2.57. The summed E-state index contributed by atoms with van der Waals surface area (Å²) < 4.78 is 45.8. The SMILES string of the molecule is COc1ccc2ccc3cc2c1CCCCCCOC(=O)N[C@@H](C(C)(C)C)C(=O)N1C[C@@]3(OC)C[C@H]1C(=O)N[C@]1(C(=O)NS(=O)(=O)C2CC2)C[C@@H]1C1CC1. The average Bonchev–Trinajstić information content (AvgIpc) is 4.00. The highest BCUT2D eigenvalue weighted by Gasteiger charge is 2.67. The van der Waals surface area contributed by atoms with Crippen LogP contribution in [0.2, 0.25) is 0 Å². The van der Waals surface area contributed by atoms with E-state index in [9.17, 15) is 27.6 Å².